The van der Waals surface area contributed by atoms with Gasteiger partial charge in [0.1, 0.15) is 0 Å². The normalized spacial score (nSPS) is 17.9. The number of thiocarbonyl (C=S) groups is 1. The molecule has 0 aromatic rings. The maximum atomic E-state index is 12.4. The van der Waals surface area contributed by atoms with Crippen LogP contribution in [0.15, 0.2) is 0 Å². The zero-order chi connectivity index (χ0) is 15.2. The lowest BCUT2D eigenvalue weighted by atomic mass is 9.81. The summed E-state index contributed by atoms with van der Waals surface area (Å²) in [6.07, 6.45) is 3.65. The highest BCUT2D eigenvalue weighted by Gasteiger charge is 2.38. The summed E-state index contributed by atoms with van der Waals surface area (Å²) >= 11 is 5.12. The Kier molecular flexibility index (Phi) is 6.89. The molecule has 0 radical (unpaired) electrons. The topological polar surface area (TPSA) is 58.4 Å². The summed E-state index contributed by atoms with van der Waals surface area (Å²) in [5.74, 6) is 0.590. The Labute approximate surface area is 128 Å². The van der Waals surface area contributed by atoms with Gasteiger partial charge in [-0.2, -0.15) is 0 Å². The van der Waals surface area contributed by atoms with Crippen LogP contribution in [0.1, 0.15) is 46.5 Å². The van der Waals surface area contributed by atoms with Crippen molar-refractivity contribution in [1.29, 1.82) is 0 Å². The molecule has 1 aliphatic heterocycles. The Morgan fingerprint density at radius 1 is 1.30 bits per heavy atom. The molecule has 1 amide bonds. The van der Waals surface area contributed by atoms with Crippen LogP contribution < -0.4 is 11.1 Å². The zero-order valence-corrected chi connectivity index (χ0v) is 13.9. The van der Waals surface area contributed by atoms with Gasteiger partial charge in [0, 0.05) is 6.54 Å². The molecule has 1 fully saturated rings. The number of piperidine rings is 1. The van der Waals surface area contributed by atoms with Crippen molar-refractivity contribution in [2.24, 2.45) is 17.1 Å². The number of likely N-dealkylation sites (tertiary alicyclic amines) is 1. The van der Waals surface area contributed by atoms with E-state index in [1.54, 1.807) is 0 Å². The molecule has 0 atom stereocenters. The van der Waals surface area contributed by atoms with Gasteiger partial charge in [-0.05, 0) is 51.2 Å². The third-order valence-electron chi connectivity index (χ3n) is 4.82. The monoisotopic (exact) mass is 299 g/mol. The molecule has 1 heterocycles. The van der Waals surface area contributed by atoms with Gasteiger partial charge < -0.3 is 16.0 Å². The minimum absolute atomic E-state index is 0.00733. The van der Waals surface area contributed by atoms with E-state index in [-0.39, 0.29) is 5.91 Å². The maximum absolute atomic E-state index is 12.4. The minimum atomic E-state index is -0.667. The van der Waals surface area contributed by atoms with Crippen molar-refractivity contribution < 1.29 is 4.79 Å². The third kappa shape index (κ3) is 3.92. The van der Waals surface area contributed by atoms with Gasteiger partial charge in [0.05, 0.1) is 10.4 Å². The first kappa shape index (κ1) is 17.4. The Morgan fingerprint density at radius 2 is 1.85 bits per heavy atom. The fourth-order valence-electron chi connectivity index (χ4n) is 2.94. The van der Waals surface area contributed by atoms with Crippen molar-refractivity contribution in [3.05, 3.63) is 0 Å². The van der Waals surface area contributed by atoms with Gasteiger partial charge in [-0.25, -0.2) is 0 Å². The number of hydrogen-bond acceptors (Lipinski definition) is 3. The molecule has 3 N–H and O–H groups in total. The van der Waals surface area contributed by atoms with Crippen molar-refractivity contribution in [3.63, 3.8) is 0 Å². The predicted molar refractivity (Wildman–Crippen MR) is 87.6 cm³/mol. The van der Waals surface area contributed by atoms with E-state index in [9.17, 15) is 4.79 Å². The summed E-state index contributed by atoms with van der Waals surface area (Å²) in [4.78, 5) is 15.2. The lowest BCUT2D eigenvalue weighted by Crippen LogP contribution is -2.49. The molecular formula is C15H29N3OS. The summed E-state index contributed by atoms with van der Waals surface area (Å²) in [5, 5.41) is 3.08. The molecule has 116 valence electrons. The lowest BCUT2D eigenvalue weighted by molar-refractivity contribution is -0.128. The molecule has 0 unspecified atom stereocenters. The van der Waals surface area contributed by atoms with E-state index < -0.39 is 5.41 Å². The van der Waals surface area contributed by atoms with Crippen molar-refractivity contribution in [3.8, 4) is 0 Å². The van der Waals surface area contributed by atoms with Crippen LogP contribution in [0.3, 0.4) is 0 Å². The van der Waals surface area contributed by atoms with Crippen LogP contribution in [0.5, 0.6) is 0 Å². The van der Waals surface area contributed by atoms with Crippen molar-refractivity contribution in [2.45, 2.75) is 46.5 Å². The molecule has 1 rings (SSSR count). The van der Waals surface area contributed by atoms with Gasteiger partial charge in [0.2, 0.25) is 5.91 Å². The molecule has 0 spiro atoms. The Bertz CT molecular complexity index is 334. The van der Waals surface area contributed by atoms with Gasteiger partial charge in [0.25, 0.3) is 0 Å². The van der Waals surface area contributed by atoms with Crippen LogP contribution in [-0.4, -0.2) is 42.0 Å². The average Bonchev–Trinajstić information content (AvgIpc) is 2.47. The second kappa shape index (κ2) is 7.93. The van der Waals surface area contributed by atoms with Gasteiger partial charge in [-0.15, -0.1) is 0 Å². The molecular weight excluding hydrogens is 270 g/mol. The van der Waals surface area contributed by atoms with Gasteiger partial charge in [0.15, 0.2) is 0 Å². The number of nitrogens with two attached hydrogens (primary N) is 1. The number of amides is 1. The maximum Gasteiger partial charge on any atom is 0.233 e. The van der Waals surface area contributed by atoms with Crippen LogP contribution in [0.4, 0.5) is 0 Å². The lowest BCUT2D eigenvalue weighted by Gasteiger charge is -2.33. The minimum Gasteiger partial charge on any atom is -0.392 e. The molecule has 4 nitrogen and oxygen atoms in total. The van der Waals surface area contributed by atoms with Crippen LogP contribution in [0.25, 0.3) is 0 Å². The zero-order valence-electron chi connectivity index (χ0n) is 13.1. The number of nitrogens with zero attached hydrogens (tertiary/aromatic N) is 1. The van der Waals surface area contributed by atoms with Crippen LogP contribution in [-0.2, 0) is 4.79 Å². The molecule has 20 heavy (non-hydrogen) atoms. The molecule has 0 aromatic heterocycles. The van der Waals surface area contributed by atoms with Crippen molar-refractivity contribution >= 4 is 23.1 Å². The number of nitrogens with one attached hydrogen (secondary N) is 1. The van der Waals surface area contributed by atoms with Gasteiger partial charge >= 0.3 is 0 Å². The van der Waals surface area contributed by atoms with Gasteiger partial charge in [-0.1, -0.05) is 33.0 Å². The van der Waals surface area contributed by atoms with Crippen molar-refractivity contribution in [2.75, 3.05) is 26.2 Å². The smallest absolute Gasteiger partial charge is 0.233 e. The summed E-state index contributed by atoms with van der Waals surface area (Å²) in [6, 6.07) is 0. The highest BCUT2D eigenvalue weighted by Crippen LogP contribution is 2.27. The van der Waals surface area contributed by atoms with E-state index in [2.05, 4.69) is 17.1 Å². The van der Waals surface area contributed by atoms with E-state index >= 15 is 0 Å². The Balaban J connectivity index is 2.48. The fraction of sp³-hybridized carbons (Fsp3) is 0.867. The summed E-state index contributed by atoms with van der Waals surface area (Å²) < 4.78 is 0. The number of rotatable bonds is 7. The highest BCUT2D eigenvalue weighted by atomic mass is 32.1. The summed E-state index contributed by atoms with van der Waals surface area (Å²) in [7, 11) is 0. The van der Waals surface area contributed by atoms with E-state index in [0.29, 0.717) is 23.7 Å². The molecule has 5 heteroatoms. The standard InChI is InChI=1S/C15H29N3OS/c1-4-15(5-2,13(16)20)14(19)17-11-12-7-9-18(6-3)10-8-12/h12H,4-11H2,1-3H3,(H2,16,20)(H,17,19). The first-order valence-corrected chi connectivity index (χ1v) is 8.21. The summed E-state index contributed by atoms with van der Waals surface area (Å²) in [5.41, 5.74) is 5.14. The fourth-order valence-corrected chi connectivity index (χ4v) is 3.33. The first-order chi connectivity index (χ1) is 9.50. The average molecular weight is 299 g/mol. The quantitative estimate of drug-likeness (QED) is 0.705. The predicted octanol–water partition coefficient (Wildman–Crippen LogP) is 1.93. The van der Waals surface area contributed by atoms with E-state index in [1.807, 2.05) is 13.8 Å². The SMILES string of the molecule is CCN1CCC(CNC(=O)C(CC)(CC)C(N)=S)CC1. The Morgan fingerprint density at radius 3 is 2.25 bits per heavy atom. The molecule has 0 aromatic carbocycles. The Hall–Kier alpha value is -0.680. The van der Waals surface area contributed by atoms with Crippen LogP contribution in [0.2, 0.25) is 0 Å². The van der Waals surface area contributed by atoms with E-state index in [4.69, 9.17) is 18.0 Å². The van der Waals surface area contributed by atoms with Crippen LogP contribution in [0, 0.1) is 11.3 Å². The molecule has 0 aliphatic carbocycles. The van der Waals surface area contributed by atoms with E-state index in [0.717, 1.165) is 39.0 Å². The second-order valence-corrected chi connectivity index (χ2v) is 6.18. The number of carbonyl (C=O) groups is 1. The molecule has 0 saturated carbocycles. The van der Waals surface area contributed by atoms with Crippen LogP contribution >= 0.6 is 12.2 Å². The number of hydrogen-bond donors (Lipinski definition) is 2. The molecule has 1 aliphatic rings. The number of carbonyl (C=O) groups excluding carboxylic acids is 1. The van der Waals surface area contributed by atoms with E-state index in [1.165, 1.54) is 0 Å². The molecule has 0 bridgehead atoms. The third-order valence-corrected chi connectivity index (χ3v) is 5.21. The highest BCUT2D eigenvalue weighted by molar-refractivity contribution is 7.80. The van der Waals surface area contributed by atoms with Crippen molar-refractivity contribution in [1.82, 2.24) is 10.2 Å². The summed E-state index contributed by atoms with van der Waals surface area (Å²) in [6.45, 7) is 10.3. The molecule has 1 saturated heterocycles. The van der Waals surface area contributed by atoms with Gasteiger partial charge in [-0.3, -0.25) is 4.79 Å². The second-order valence-electron chi connectivity index (χ2n) is 5.74. The first-order valence-electron chi connectivity index (χ1n) is 7.80. The largest absolute Gasteiger partial charge is 0.392 e.